The van der Waals surface area contributed by atoms with Crippen LogP contribution in [0.5, 0.6) is 0 Å². The second-order valence-corrected chi connectivity index (χ2v) is 5.16. The Kier molecular flexibility index (Phi) is 3.09. The third-order valence-electron chi connectivity index (χ3n) is 2.92. The maximum absolute atomic E-state index is 4.63. The largest absolute Gasteiger partial charge is 0.314 e. The van der Waals surface area contributed by atoms with Crippen molar-refractivity contribution in [3.8, 4) is 11.3 Å². The fourth-order valence-corrected chi connectivity index (χ4v) is 2.84. The van der Waals surface area contributed by atoms with Crippen molar-refractivity contribution in [1.29, 1.82) is 0 Å². The van der Waals surface area contributed by atoms with Gasteiger partial charge < -0.3 is 5.32 Å². The van der Waals surface area contributed by atoms with Crippen molar-refractivity contribution in [2.24, 2.45) is 0 Å². The summed E-state index contributed by atoms with van der Waals surface area (Å²) in [4.78, 5) is 4.63. The summed E-state index contributed by atoms with van der Waals surface area (Å²) in [5.74, 6) is 0. The first kappa shape index (κ1) is 11.4. The number of nitrogens with one attached hydrogen (secondary N) is 1. The fraction of sp³-hybridized carbons (Fsp3) is 0.133. The van der Waals surface area contributed by atoms with Crippen LogP contribution in [0.1, 0.15) is 5.01 Å². The van der Waals surface area contributed by atoms with Gasteiger partial charge in [0.2, 0.25) is 0 Å². The monoisotopic (exact) mass is 254 g/mol. The van der Waals surface area contributed by atoms with Crippen molar-refractivity contribution in [2.45, 2.75) is 6.54 Å². The van der Waals surface area contributed by atoms with E-state index >= 15 is 0 Å². The van der Waals surface area contributed by atoms with Gasteiger partial charge in [-0.3, -0.25) is 0 Å². The third kappa shape index (κ3) is 2.15. The number of fused-ring (bicyclic) bond motifs is 1. The van der Waals surface area contributed by atoms with Crippen LogP contribution in [0.2, 0.25) is 0 Å². The molecule has 0 amide bonds. The van der Waals surface area contributed by atoms with Crippen molar-refractivity contribution in [1.82, 2.24) is 10.3 Å². The highest BCUT2D eigenvalue weighted by molar-refractivity contribution is 7.09. The van der Waals surface area contributed by atoms with Gasteiger partial charge in [0, 0.05) is 17.5 Å². The number of nitrogens with zero attached hydrogens (tertiary/aromatic N) is 1. The van der Waals surface area contributed by atoms with E-state index in [0.717, 1.165) is 17.2 Å². The minimum atomic E-state index is 0.832. The van der Waals surface area contributed by atoms with E-state index in [9.17, 15) is 0 Å². The van der Waals surface area contributed by atoms with E-state index in [1.165, 1.54) is 16.3 Å². The van der Waals surface area contributed by atoms with Crippen molar-refractivity contribution in [2.75, 3.05) is 7.05 Å². The molecular weight excluding hydrogens is 240 g/mol. The highest BCUT2D eigenvalue weighted by Gasteiger charge is 2.04. The molecule has 1 heterocycles. The first-order valence-electron chi connectivity index (χ1n) is 5.95. The number of benzene rings is 2. The van der Waals surface area contributed by atoms with Gasteiger partial charge in [0.25, 0.3) is 0 Å². The molecular formula is C15H14N2S. The zero-order valence-electron chi connectivity index (χ0n) is 10.2. The Morgan fingerprint density at radius 1 is 1.11 bits per heavy atom. The van der Waals surface area contributed by atoms with E-state index in [1.807, 2.05) is 7.05 Å². The Morgan fingerprint density at radius 3 is 2.78 bits per heavy atom. The lowest BCUT2D eigenvalue weighted by Crippen LogP contribution is -2.04. The molecule has 0 bridgehead atoms. The smallest absolute Gasteiger partial charge is 0.107 e. The number of rotatable bonds is 3. The van der Waals surface area contributed by atoms with Gasteiger partial charge in [-0.15, -0.1) is 11.3 Å². The molecule has 0 saturated carbocycles. The van der Waals surface area contributed by atoms with Crippen LogP contribution < -0.4 is 5.32 Å². The highest BCUT2D eigenvalue weighted by Crippen LogP contribution is 2.25. The lowest BCUT2D eigenvalue weighted by molar-refractivity contribution is 0.811. The fourth-order valence-electron chi connectivity index (χ4n) is 2.02. The lowest BCUT2D eigenvalue weighted by Gasteiger charge is -2.00. The highest BCUT2D eigenvalue weighted by atomic mass is 32.1. The summed E-state index contributed by atoms with van der Waals surface area (Å²) in [6.45, 7) is 0.832. The zero-order valence-corrected chi connectivity index (χ0v) is 11.0. The topological polar surface area (TPSA) is 24.9 Å². The third-order valence-corrected chi connectivity index (χ3v) is 3.77. The SMILES string of the molecule is CNCc1nc(-c2ccc3ccccc3c2)cs1. The predicted octanol–water partition coefficient (Wildman–Crippen LogP) is 3.68. The molecule has 3 aromatic rings. The first-order valence-corrected chi connectivity index (χ1v) is 6.83. The van der Waals surface area contributed by atoms with Gasteiger partial charge in [-0.05, 0) is 23.9 Å². The van der Waals surface area contributed by atoms with E-state index in [4.69, 9.17) is 0 Å². The molecule has 0 atom stereocenters. The molecule has 0 spiro atoms. The van der Waals surface area contributed by atoms with Crippen LogP contribution in [0.3, 0.4) is 0 Å². The summed E-state index contributed by atoms with van der Waals surface area (Å²) in [5.41, 5.74) is 2.25. The van der Waals surface area contributed by atoms with Crippen LogP contribution in [0.25, 0.3) is 22.0 Å². The van der Waals surface area contributed by atoms with Gasteiger partial charge in [0.15, 0.2) is 0 Å². The van der Waals surface area contributed by atoms with Crippen LogP contribution in [-0.4, -0.2) is 12.0 Å². The lowest BCUT2D eigenvalue weighted by atomic mass is 10.1. The molecule has 0 radical (unpaired) electrons. The van der Waals surface area contributed by atoms with E-state index in [-0.39, 0.29) is 0 Å². The molecule has 2 aromatic carbocycles. The molecule has 0 aliphatic heterocycles. The van der Waals surface area contributed by atoms with E-state index in [0.29, 0.717) is 0 Å². The Balaban J connectivity index is 2.02. The van der Waals surface area contributed by atoms with E-state index < -0.39 is 0 Å². The summed E-state index contributed by atoms with van der Waals surface area (Å²) in [5, 5.41) is 8.91. The first-order chi connectivity index (χ1) is 8.86. The molecule has 0 aliphatic carbocycles. The number of thiazole rings is 1. The minimum Gasteiger partial charge on any atom is -0.314 e. The van der Waals surface area contributed by atoms with Gasteiger partial charge in [-0.25, -0.2) is 4.98 Å². The molecule has 18 heavy (non-hydrogen) atoms. The predicted molar refractivity (Wildman–Crippen MR) is 77.8 cm³/mol. The number of hydrogen-bond acceptors (Lipinski definition) is 3. The maximum atomic E-state index is 4.63. The molecule has 0 aliphatic rings. The molecule has 1 N–H and O–H groups in total. The average Bonchev–Trinajstić information content (AvgIpc) is 2.87. The van der Waals surface area contributed by atoms with Crippen LogP contribution in [-0.2, 0) is 6.54 Å². The summed E-state index contributed by atoms with van der Waals surface area (Å²) in [6.07, 6.45) is 0. The van der Waals surface area contributed by atoms with Crippen LogP contribution in [0, 0.1) is 0 Å². The second-order valence-electron chi connectivity index (χ2n) is 4.22. The second kappa shape index (κ2) is 4.88. The molecule has 0 fully saturated rings. The quantitative estimate of drug-likeness (QED) is 0.771. The molecule has 0 unspecified atom stereocenters. The zero-order chi connectivity index (χ0) is 12.4. The van der Waals surface area contributed by atoms with Crippen LogP contribution in [0.4, 0.5) is 0 Å². The van der Waals surface area contributed by atoms with E-state index in [1.54, 1.807) is 11.3 Å². The maximum Gasteiger partial charge on any atom is 0.107 e. The molecule has 2 nitrogen and oxygen atoms in total. The van der Waals surface area contributed by atoms with Gasteiger partial charge >= 0.3 is 0 Å². The Labute approximate surface area is 110 Å². The molecule has 1 aromatic heterocycles. The van der Waals surface area contributed by atoms with Gasteiger partial charge in [0.05, 0.1) is 5.69 Å². The summed E-state index contributed by atoms with van der Waals surface area (Å²) in [7, 11) is 1.94. The van der Waals surface area contributed by atoms with Crippen LogP contribution in [0.15, 0.2) is 47.8 Å². The van der Waals surface area contributed by atoms with E-state index in [2.05, 4.69) is 58.1 Å². The van der Waals surface area contributed by atoms with Crippen LogP contribution >= 0.6 is 11.3 Å². The van der Waals surface area contributed by atoms with Gasteiger partial charge in [-0.2, -0.15) is 0 Å². The van der Waals surface area contributed by atoms with Crippen molar-refractivity contribution >= 4 is 22.1 Å². The minimum absolute atomic E-state index is 0.832. The summed E-state index contributed by atoms with van der Waals surface area (Å²) >= 11 is 1.70. The molecule has 0 saturated heterocycles. The normalized spacial score (nSPS) is 10.9. The number of aromatic nitrogens is 1. The molecule has 3 heteroatoms. The Hall–Kier alpha value is -1.71. The average molecular weight is 254 g/mol. The van der Waals surface area contributed by atoms with Crippen molar-refractivity contribution in [3.05, 3.63) is 52.9 Å². The molecule has 3 rings (SSSR count). The summed E-state index contributed by atoms with van der Waals surface area (Å²) < 4.78 is 0. The number of hydrogen-bond donors (Lipinski definition) is 1. The van der Waals surface area contributed by atoms with Crippen molar-refractivity contribution in [3.63, 3.8) is 0 Å². The van der Waals surface area contributed by atoms with Crippen molar-refractivity contribution < 1.29 is 0 Å². The summed E-state index contributed by atoms with van der Waals surface area (Å²) in [6, 6.07) is 14.9. The standard InChI is InChI=1S/C15H14N2S/c1-16-9-15-17-14(10-18-15)13-7-6-11-4-2-3-5-12(11)8-13/h2-8,10,16H,9H2,1H3. The van der Waals surface area contributed by atoms with Gasteiger partial charge in [-0.1, -0.05) is 36.4 Å². The Morgan fingerprint density at radius 2 is 1.94 bits per heavy atom. The molecule has 90 valence electrons. The van der Waals surface area contributed by atoms with Gasteiger partial charge in [0.1, 0.15) is 5.01 Å². The Bertz CT molecular complexity index is 673.